The van der Waals surface area contributed by atoms with Crippen LogP contribution >= 0.6 is 23.1 Å². The highest BCUT2D eigenvalue weighted by molar-refractivity contribution is 8.02. The first-order valence-electron chi connectivity index (χ1n) is 8.15. The van der Waals surface area contributed by atoms with E-state index in [1.165, 1.54) is 29.5 Å². The number of aromatic nitrogens is 2. The molecule has 3 rings (SSSR count). The molecule has 1 aromatic heterocycles. The minimum atomic E-state index is -0.839. The molecule has 0 aliphatic heterocycles. The van der Waals surface area contributed by atoms with Gasteiger partial charge in [0.05, 0.1) is 5.25 Å². The van der Waals surface area contributed by atoms with Crippen LogP contribution in [0, 0.1) is 17.5 Å². The number of carbonyl (C=O) groups excluding carboxylic acids is 1. The maximum absolute atomic E-state index is 13.6. The van der Waals surface area contributed by atoms with Crippen molar-refractivity contribution in [3.05, 3.63) is 65.5 Å². The Morgan fingerprint density at radius 1 is 1.11 bits per heavy atom. The number of benzene rings is 2. The highest BCUT2D eigenvalue weighted by Crippen LogP contribution is 2.30. The number of para-hydroxylation sites is 1. The Hall–Kier alpha value is -2.59. The lowest BCUT2D eigenvalue weighted by Gasteiger charge is -2.11. The Morgan fingerprint density at radius 3 is 2.46 bits per heavy atom. The van der Waals surface area contributed by atoms with Crippen LogP contribution < -0.4 is 10.6 Å². The van der Waals surface area contributed by atoms with Crippen molar-refractivity contribution in [2.75, 3.05) is 10.6 Å². The molecule has 0 saturated heterocycles. The van der Waals surface area contributed by atoms with E-state index in [1.807, 2.05) is 0 Å². The summed E-state index contributed by atoms with van der Waals surface area (Å²) in [6.45, 7) is 2.05. The fourth-order valence-corrected chi connectivity index (χ4v) is 4.05. The molecule has 0 radical (unpaired) electrons. The van der Waals surface area contributed by atoms with Gasteiger partial charge in [0.15, 0.2) is 4.34 Å². The Morgan fingerprint density at radius 2 is 1.79 bits per heavy atom. The van der Waals surface area contributed by atoms with Crippen LogP contribution in [0.25, 0.3) is 0 Å². The zero-order valence-electron chi connectivity index (χ0n) is 14.6. The maximum atomic E-state index is 13.6. The van der Waals surface area contributed by atoms with Crippen molar-refractivity contribution in [2.24, 2.45) is 0 Å². The second kappa shape index (κ2) is 9.07. The molecule has 0 aliphatic carbocycles. The van der Waals surface area contributed by atoms with E-state index in [2.05, 4.69) is 20.8 Å². The summed E-state index contributed by atoms with van der Waals surface area (Å²) in [6, 6.07) is 9.43. The van der Waals surface area contributed by atoms with Crippen molar-refractivity contribution in [2.45, 2.75) is 23.1 Å². The average molecular weight is 424 g/mol. The lowest BCUT2D eigenvalue weighted by atomic mass is 10.2. The molecule has 0 fully saturated rings. The molecule has 2 N–H and O–H groups in total. The Bertz CT molecular complexity index is 945. The third kappa shape index (κ3) is 5.23. The second-order valence-corrected chi connectivity index (χ2v) is 8.26. The molecular formula is C18H15F3N4OS2. The number of carbonyl (C=O) groups is 1. The molecule has 28 heavy (non-hydrogen) atoms. The number of thioether (sulfide) groups is 1. The van der Waals surface area contributed by atoms with E-state index < -0.39 is 28.5 Å². The van der Waals surface area contributed by atoms with Crippen LogP contribution in [0.15, 0.2) is 46.8 Å². The van der Waals surface area contributed by atoms with Crippen LogP contribution in [0.1, 0.15) is 12.5 Å². The van der Waals surface area contributed by atoms with Gasteiger partial charge < -0.3 is 10.6 Å². The first kappa shape index (κ1) is 20.2. The highest BCUT2D eigenvalue weighted by Gasteiger charge is 2.20. The Kier molecular flexibility index (Phi) is 6.53. The van der Waals surface area contributed by atoms with Gasteiger partial charge in [-0.05, 0) is 36.8 Å². The van der Waals surface area contributed by atoms with Gasteiger partial charge in [-0.1, -0.05) is 41.3 Å². The lowest BCUT2D eigenvalue weighted by molar-refractivity contribution is -0.115. The molecular weight excluding hydrogens is 409 g/mol. The first-order chi connectivity index (χ1) is 13.4. The zero-order valence-corrected chi connectivity index (χ0v) is 16.2. The third-order valence-electron chi connectivity index (χ3n) is 3.62. The number of hydrogen-bond acceptors (Lipinski definition) is 6. The van der Waals surface area contributed by atoms with Crippen molar-refractivity contribution in [1.82, 2.24) is 10.2 Å². The van der Waals surface area contributed by atoms with Crippen LogP contribution in [0.2, 0.25) is 0 Å². The zero-order chi connectivity index (χ0) is 20.1. The van der Waals surface area contributed by atoms with E-state index in [1.54, 1.807) is 19.1 Å². The summed E-state index contributed by atoms with van der Waals surface area (Å²) in [6.07, 6.45) is 0. The van der Waals surface area contributed by atoms with Gasteiger partial charge in [-0.15, -0.1) is 10.2 Å². The highest BCUT2D eigenvalue weighted by atomic mass is 32.2. The molecule has 1 unspecified atom stereocenters. The van der Waals surface area contributed by atoms with Crippen LogP contribution in [-0.4, -0.2) is 21.4 Å². The lowest BCUT2D eigenvalue weighted by Crippen LogP contribution is -2.23. The van der Waals surface area contributed by atoms with E-state index in [-0.39, 0.29) is 5.82 Å². The first-order valence-corrected chi connectivity index (χ1v) is 9.85. The number of nitrogens with zero attached hydrogens (tertiary/aromatic N) is 2. The van der Waals surface area contributed by atoms with Gasteiger partial charge in [0.25, 0.3) is 0 Å². The standard InChI is InChI=1S/C18H15F3N4OS2/c1-10(16(26)23-15-13(20)3-2-4-14(15)21)27-18-25-24-17(28-18)22-9-11-5-7-12(19)8-6-11/h2-8,10H,9H2,1H3,(H,22,24)(H,23,26). The maximum Gasteiger partial charge on any atom is 0.237 e. The third-order valence-corrected chi connectivity index (χ3v) is 5.69. The number of rotatable bonds is 7. The van der Waals surface area contributed by atoms with Gasteiger partial charge in [-0.2, -0.15) is 0 Å². The summed E-state index contributed by atoms with van der Waals surface area (Å²) in [5.41, 5.74) is 0.407. The van der Waals surface area contributed by atoms with Crippen LogP contribution in [0.4, 0.5) is 24.0 Å². The number of amides is 1. The van der Waals surface area contributed by atoms with E-state index in [0.29, 0.717) is 16.0 Å². The van der Waals surface area contributed by atoms with Gasteiger partial charge in [0.1, 0.15) is 23.1 Å². The molecule has 5 nitrogen and oxygen atoms in total. The van der Waals surface area contributed by atoms with E-state index in [0.717, 1.165) is 29.5 Å². The van der Waals surface area contributed by atoms with Gasteiger partial charge >= 0.3 is 0 Å². The topological polar surface area (TPSA) is 66.9 Å². The fourth-order valence-electron chi connectivity index (χ4n) is 2.16. The molecule has 1 atom stereocenters. The smallest absolute Gasteiger partial charge is 0.237 e. The molecule has 1 amide bonds. The molecule has 0 bridgehead atoms. The normalized spacial score (nSPS) is 11.9. The Balaban J connectivity index is 1.55. The van der Waals surface area contributed by atoms with Crippen molar-refractivity contribution >= 4 is 39.8 Å². The summed E-state index contributed by atoms with van der Waals surface area (Å²) in [5, 5.41) is 13.2. The second-order valence-electron chi connectivity index (χ2n) is 5.70. The van der Waals surface area contributed by atoms with Crippen LogP contribution in [0.5, 0.6) is 0 Å². The van der Waals surface area contributed by atoms with E-state index >= 15 is 0 Å². The van der Waals surface area contributed by atoms with Gasteiger partial charge in [0, 0.05) is 6.54 Å². The number of nitrogens with one attached hydrogen (secondary N) is 2. The number of anilines is 2. The van der Waals surface area contributed by atoms with Gasteiger partial charge in [-0.25, -0.2) is 13.2 Å². The minimum Gasteiger partial charge on any atom is -0.356 e. The molecule has 0 saturated carbocycles. The SMILES string of the molecule is CC(Sc1nnc(NCc2ccc(F)cc2)s1)C(=O)Nc1c(F)cccc1F. The molecule has 3 aromatic rings. The van der Waals surface area contributed by atoms with Crippen LogP contribution in [0.3, 0.4) is 0 Å². The minimum absolute atomic E-state index is 0.305. The van der Waals surface area contributed by atoms with Crippen molar-refractivity contribution in [3.8, 4) is 0 Å². The molecule has 146 valence electrons. The van der Waals surface area contributed by atoms with Crippen molar-refractivity contribution in [1.29, 1.82) is 0 Å². The number of halogens is 3. The van der Waals surface area contributed by atoms with Gasteiger partial charge in [-0.3, -0.25) is 4.79 Å². The predicted molar refractivity (Wildman–Crippen MR) is 104 cm³/mol. The monoisotopic (exact) mass is 424 g/mol. The predicted octanol–water partition coefficient (Wildman–Crippen LogP) is 4.69. The summed E-state index contributed by atoms with van der Waals surface area (Å²) >= 11 is 2.37. The molecule has 10 heteroatoms. The van der Waals surface area contributed by atoms with Gasteiger partial charge in [0.2, 0.25) is 11.0 Å². The molecule has 2 aromatic carbocycles. The van der Waals surface area contributed by atoms with E-state index in [9.17, 15) is 18.0 Å². The summed E-state index contributed by atoms with van der Waals surface area (Å²) < 4.78 is 40.7. The van der Waals surface area contributed by atoms with Crippen molar-refractivity contribution < 1.29 is 18.0 Å². The average Bonchev–Trinajstić information content (AvgIpc) is 3.11. The number of hydrogen-bond donors (Lipinski definition) is 2. The molecule has 0 spiro atoms. The van der Waals surface area contributed by atoms with E-state index in [4.69, 9.17) is 0 Å². The van der Waals surface area contributed by atoms with Crippen LogP contribution in [-0.2, 0) is 11.3 Å². The molecule has 1 heterocycles. The molecule has 0 aliphatic rings. The summed E-state index contributed by atoms with van der Waals surface area (Å²) in [4.78, 5) is 12.2. The summed E-state index contributed by atoms with van der Waals surface area (Å²) in [5.74, 6) is -2.53. The van der Waals surface area contributed by atoms with Crippen molar-refractivity contribution in [3.63, 3.8) is 0 Å². The Labute approximate surface area is 167 Å². The fraction of sp³-hybridized carbons (Fsp3) is 0.167. The quantitative estimate of drug-likeness (QED) is 0.539. The largest absolute Gasteiger partial charge is 0.356 e. The summed E-state index contributed by atoms with van der Waals surface area (Å²) in [7, 11) is 0.